The summed E-state index contributed by atoms with van der Waals surface area (Å²) in [4.78, 5) is 23.6. The van der Waals surface area contributed by atoms with Gasteiger partial charge in [-0.2, -0.15) is 4.28 Å². The summed E-state index contributed by atoms with van der Waals surface area (Å²) in [5, 5.41) is 0.393. The zero-order chi connectivity index (χ0) is 11.4. The molecule has 0 aromatic heterocycles. The number of hydrogen-bond acceptors (Lipinski definition) is 5. The van der Waals surface area contributed by atoms with E-state index in [1.165, 1.54) is 0 Å². The molecule has 0 aromatic carbocycles. The Morgan fingerprint density at radius 1 is 1.25 bits per heavy atom. The third-order valence-electron chi connectivity index (χ3n) is 3.57. The molecule has 0 spiro atoms. The molecule has 3 aliphatic rings. The Morgan fingerprint density at radius 2 is 1.75 bits per heavy atom. The van der Waals surface area contributed by atoms with E-state index in [1.54, 1.807) is 0 Å². The monoisotopic (exact) mass is 242 g/mol. The van der Waals surface area contributed by atoms with Gasteiger partial charge >= 0.3 is 0 Å². The van der Waals surface area contributed by atoms with Gasteiger partial charge in [-0.05, 0) is 18.3 Å². The molecule has 2 fully saturated rings. The van der Waals surface area contributed by atoms with E-state index in [2.05, 4.69) is 4.28 Å². The minimum atomic E-state index is -2.89. The summed E-state index contributed by atoms with van der Waals surface area (Å²) in [6, 6.07) is 0. The summed E-state index contributed by atoms with van der Waals surface area (Å²) in [7, 11) is 0. The number of allylic oxidation sites excluding steroid dienone is 2. The van der Waals surface area contributed by atoms with E-state index >= 15 is 0 Å². The smallest absolute Gasteiger partial charge is 0.259 e. The third kappa shape index (κ3) is 1.16. The highest BCUT2D eigenvalue weighted by Gasteiger charge is 2.60. The molecular formula is C9H8NO5S-. The summed E-state index contributed by atoms with van der Waals surface area (Å²) in [6.45, 7) is 0. The zero-order valence-electron chi connectivity index (χ0n) is 8.07. The van der Waals surface area contributed by atoms with E-state index in [9.17, 15) is 18.4 Å². The molecule has 6 nitrogen and oxygen atoms in total. The second-order valence-electron chi connectivity index (χ2n) is 4.25. The first-order valence-electron chi connectivity index (χ1n) is 4.93. The van der Waals surface area contributed by atoms with Gasteiger partial charge in [0, 0.05) is 0 Å². The number of amides is 2. The normalized spacial score (nSPS) is 41.9. The van der Waals surface area contributed by atoms with E-state index in [1.807, 2.05) is 12.2 Å². The molecule has 2 aliphatic carbocycles. The Hall–Kier alpha value is -1.05. The van der Waals surface area contributed by atoms with Crippen molar-refractivity contribution < 1.29 is 22.6 Å². The highest BCUT2D eigenvalue weighted by molar-refractivity contribution is 7.74. The van der Waals surface area contributed by atoms with Gasteiger partial charge in [-0.25, -0.2) is 4.21 Å². The van der Waals surface area contributed by atoms with E-state index in [4.69, 9.17) is 0 Å². The van der Waals surface area contributed by atoms with Gasteiger partial charge < -0.3 is 4.55 Å². The van der Waals surface area contributed by atoms with Crippen LogP contribution in [0.5, 0.6) is 0 Å². The van der Waals surface area contributed by atoms with Crippen molar-refractivity contribution in [1.82, 2.24) is 5.06 Å². The third-order valence-corrected chi connectivity index (χ3v) is 3.84. The lowest BCUT2D eigenvalue weighted by Crippen LogP contribution is -2.33. The van der Waals surface area contributed by atoms with Crippen LogP contribution in [-0.2, 0) is 25.2 Å². The van der Waals surface area contributed by atoms with Gasteiger partial charge in [0.15, 0.2) is 0 Å². The molecule has 7 heteroatoms. The SMILES string of the molecule is O=C1C2C3C=CC(C3)C2C(=O)N1OS(=O)[O-]. The van der Waals surface area contributed by atoms with Crippen LogP contribution in [0.1, 0.15) is 6.42 Å². The molecule has 1 heterocycles. The van der Waals surface area contributed by atoms with Crippen molar-refractivity contribution >= 4 is 23.2 Å². The fraction of sp³-hybridized carbons (Fsp3) is 0.556. The number of fused-ring (bicyclic) bond motifs is 5. The average Bonchev–Trinajstić information content (AvgIpc) is 2.87. The lowest BCUT2D eigenvalue weighted by Gasteiger charge is -2.16. The summed E-state index contributed by atoms with van der Waals surface area (Å²) >= 11 is -2.89. The first-order valence-corrected chi connectivity index (χ1v) is 5.93. The Labute approximate surface area is 93.7 Å². The Kier molecular flexibility index (Phi) is 2.04. The number of hydrogen-bond donors (Lipinski definition) is 0. The number of carbonyl (C=O) groups excluding carboxylic acids is 2. The van der Waals surface area contributed by atoms with Crippen LogP contribution in [0.25, 0.3) is 0 Å². The van der Waals surface area contributed by atoms with Crippen molar-refractivity contribution in [3.8, 4) is 0 Å². The van der Waals surface area contributed by atoms with Crippen LogP contribution in [0.2, 0.25) is 0 Å². The van der Waals surface area contributed by atoms with Gasteiger partial charge in [0.2, 0.25) is 0 Å². The first kappa shape index (κ1) is 10.1. The van der Waals surface area contributed by atoms with E-state index in [-0.39, 0.29) is 11.8 Å². The van der Waals surface area contributed by atoms with Gasteiger partial charge in [-0.15, -0.1) is 5.06 Å². The molecule has 5 unspecified atom stereocenters. The summed E-state index contributed by atoms with van der Waals surface area (Å²) in [6.07, 6.45) is 4.66. The maximum Gasteiger partial charge on any atom is 0.259 e. The molecule has 3 rings (SSSR count). The predicted octanol–water partition coefficient (Wildman–Crippen LogP) is -0.481. The first-order chi connectivity index (χ1) is 7.59. The minimum Gasteiger partial charge on any atom is -0.748 e. The van der Waals surface area contributed by atoms with Crippen LogP contribution in [0.3, 0.4) is 0 Å². The fourth-order valence-corrected chi connectivity index (χ4v) is 3.28. The average molecular weight is 242 g/mol. The number of hydroxylamine groups is 2. The van der Waals surface area contributed by atoms with E-state index in [0.717, 1.165) is 6.42 Å². The number of nitrogens with zero attached hydrogens (tertiary/aromatic N) is 1. The largest absolute Gasteiger partial charge is 0.748 e. The van der Waals surface area contributed by atoms with Crippen LogP contribution in [-0.4, -0.2) is 25.6 Å². The Balaban J connectivity index is 1.91. The summed E-state index contributed by atoms with van der Waals surface area (Å²) < 4.78 is 24.9. The molecule has 1 saturated carbocycles. The lowest BCUT2D eigenvalue weighted by atomic mass is 9.85. The van der Waals surface area contributed by atoms with Crippen molar-refractivity contribution in [3.05, 3.63) is 12.2 Å². The van der Waals surface area contributed by atoms with Crippen LogP contribution >= 0.6 is 0 Å². The van der Waals surface area contributed by atoms with Gasteiger partial charge in [-0.3, -0.25) is 9.59 Å². The van der Waals surface area contributed by atoms with Crippen LogP contribution in [0.4, 0.5) is 0 Å². The molecular weight excluding hydrogens is 234 g/mol. The second-order valence-corrected chi connectivity index (χ2v) is 4.81. The Morgan fingerprint density at radius 3 is 2.19 bits per heavy atom. The number of carbonyl (C=O) groups is 2. The van der Waals surface area contributed by atoms with Gasteiger partial charge in [-0.1, -0.05) is 12.2 Å². The molecule has 1 saturated heterocycles. The van der Waals surface area contributed by atoms with Gasteiger partial charge in [0.25, 0.3) is 11.8 Å². The molecule has 1 aliphatic heterocycles. The molecule has 0 radical (unpaired) electrons. The molecule has 0 aromatic rings. The van der Waals surface area contributed by atoms with E-state index in [0.29, 0.717) is 5.06 Å². The molecule has 0 N–H and O–H groups in total. The van der Waals surface area contributed by atoms with Crippen molar-refractivity contribution in [2.75, 3.05) is 0 Å². The molecule has 2 bridgehead atoms. The highest BCUT2D eigenvalue weighted by atomic mass is 32.2. The van der Waals surface area contributed by atoms with Crippen LogP contribution in [0, 0.1) is 23.7 Å². The fourth-order valence-electron chi connectivity index (χ4n) is 3.01. The van der Waals surface area contributed by atoms with Crippen molar-refractivity contribution in [3.63, 3.8) is 0 Å². The van der Waals surface area contributed by atoms with E-state index < -0.39 is 35.0 Å². The predicted molar refractivity (Wildman–Crippen MR) is 49.6 cm³/mol. The molecule has 2 amide bonds. The molecule has 16 heavy (non-hydrogen) atoms. The standard InChI is InChI=1S/C9H9NO5S/c11-8-6-4-1-2-5(3-4)7(6)9(12)10(8)15-16(13)14/h1-2,4-7H,3H2,(H,13,14)/p-1. The van der Waals surface area contributed by atoms with Crippen LogP contribution < -0.4 is 0 Å². The highest BCUT2D eigenvalue weighted by Crippen LogP contribution is 2.52. The lowest BCUT2D eigenvalue weighted by molar-refractivity contribution is -0.166. The maximum absolute atomic E-state index is 11.8. The summed E-state index contributed by atoms with van der Waals surface area (Å²) in [5.41, 5.74) is 0. The van der Waals surface area contributed by atoms with Crippen molar-refractivity contribution in [2.24, 2.45) is 23.7 Å². The zero-order valence-corrected chi connectivity index (χ0v) is 8.88. The number of rotatable bonds is 2. The molecule has 86 valence electrons. The van der Waals surface area contributed by atoms with Gasteiger partial charge in [0.05, 0.1) is 11.8 Å². The van der Waals surface area contributed by atoms with Crippen LogP contribution in [0.15, 0.2) is 12.2 Å². The Bertz CT molecular complexity index is 404. The molecule has 5 atom stereocenters. The van der Waals surface area contributed by atoms with Gasteiger partial charge in [0.1, 0.15) is 11.4 Å². The van der Waals surface area contributed by atoms with Crippen molar-refractivity contribution in [1.29, 1.82) is 0 Å². The second kappa shape index (κ2) is 3.22. The summed E-state index contributed by atoms with van der Waals surface area (Å²) in [5.74, 6) is -1.80. The number of imide groups is 1. The minimum absolute atomic E-state index is 0.0557. The van der Waals surface area contributed by atoms with Crippen molar-refractivity contribution in [2.45, 2.75) is 6.42 Å². The maximum atomic E-state index is 11.8. The quantitative estimate of drug-likeness (QED) is 0.371. The topological polar surface area (TPSA) is 86.7 Å².